The van der Waals surface area contributed by atoms with Gasteiger partial charge >= 0.3 is 11.4 Å². The maximum absolute atomic E-state index is 12.5. The fourth-order valence-electron chi connectivity index (χ4n) is 2.99. The molecular weight excluding hydrogens is 322 g/mol. The zero-order valence-electron chi connectivity index (χ0n) is 14.4. The van der Waals surface area contributed by atoms with E-state index in [1.54, 1.807) is 24.4 Å². The van der Waals surface area contributed by atoms with Crippen LogP contribution in [0, 0.1) is 11.1 Å². The Hall–Kier alpha value is -2.96. The monoisotopic (exact) mass is 343 g/mol. The lowest BCUT2D eigenvalue weighted by Gasteiger charge is -2.12. The van der Waals surface area contributed by atoms with Gasteiger partial charge in [0.25, 0.3) is 5.69 Å². The summed E-state index contributed by atoms with van der Waals surface area (Å²) in [5.41, 5.74) is 1.85. The molecule has 132 valence electrons. The summed E-state index contributed by atoms with van der Waals surface area (Å²) in [6.07, 6.45) is 2.46. The molecule has 0 radical (unpaired) electrons. The highest BCUT2D eigenvalue weighted by Crippen LogP contribution is 2.25. The first-order valence-corrected chi connectivity index (χ1v) is 8.11. The molecule has 3 aromatic rings. The first-order chi connectivity index (χ1) is 11.9. The smallest absolute Gasteiger partial charge is 0.400 e. The Balaban J connectivity index is 2.07. The topological polar surface area (TPSA) is 105 Å². The van der Waals surface area contributed by atoms with Crippen molar-refractivity contribution in [2.45, 2.75) is 26.7 Å². The molecule has 7 heteroatoms. The lowest BCUT2D eigenvalue weighted by atomic mass is 10.1. The molecule has 0 unspecified atom stereocenters. The van der Waals surface area contributed by atoms with Gasteiger partial charge in [-0.3, -0.25) is 4.79 Å². The zero-order chi connectivity index (χ0) is 18.1. The molecule has 3 rings (SSSR count). The van der Waals surface area contributed by atoms with E-state index in [-0.39, 0.29) is 23.2 Å². The fourth-order valence-corrected chi connectivity index (χ4v) is 2.99. The summed E-state index contributed by atoms with van der Waals surface area (Å²) in [6, 6.07) is 5.01. The van der Waals surface area contributed by atoms with Crippen molar-refractivity contribution in [2.24, 2.45) is 5.92 Å². The standard InChI is InChI=1S/C18H21N3O4/c1-10(2)6-16-17(23)20-15(18(25-3)21(16)24)7-11-9-19-14-5-4-12(22)8-13(11)14/h4-5,8-10,19,22H,6-7H2,1-3H3,(H,20,23). The van der Waals surface area contributed by atoms with Crippen LogP contribution in [-0.4, -0.2) is 22.2 Å². The highest BCUT2D eigenvalue weighted by atomic mass is 16.5. The van der Waals surface area contributed by atoms with Gasteiger partial charge < -0.3 is 25.0 Å². The third-order valence-corrected chi connectivity index (χ3v) is 4.13. The second-order valence-corrected chi connectivity index (χ2v) is 6.50. The lowest BCUT2D eigenvalue weighted by Crippen LogP contribution is -2.43. The van der Waals surface area contributed by atoms with E-state index in [9.17, 15) is 15.1 Å². The van der Waals surface area contributed by atoms with Crippen molar-refractivity contribution < 1.29 is 14.6 Å². The van der Waals surface area contributed by atoms with Crippen LogP contribution in [0.2, 0.25) is 0 Å². The third-order valence-electron chi connectivity index (χ3n) is 4.13. The number of H-pyrrole nitrogens is 2. The summed E-state index contributed by atoms with van der Waals surface area (Å²) in [5, 5.41) is 23.1. The van der Waals surface area contributed by atoms with Gasteiger partial charge in [0.15, 0.2) is 0 Å². The van der Waals surface area contributed by atoms with Crippen LogP contribution in [0.5, 0.6) is 11.6 Å². The molecule has 3 N–H and O–H groups in total. The number of nitrogens with zero attached hydrogens (tertiary/aromatic N) is 1. The van der Waals surface area contributed by atoms with Crippen molar-refractivity contribution in [3.8, 4) is 11.6 Å². The van der Waals surface area contributed by atoms with Gasteiger partial charge in [-0.15, -0.1) is 4.73 Å². The average Bonchev–Trinajstić information content (AvgIpc) is 2.94. The molecule has 0 saturated carbocycles. The Morgan fingerprint density at radius 1 is 1.36 bits per heavy atom. The van der Waals surface area contributed by atoms with Crippen molar-refractivity contribution in [3.05, 3.63) is 56.9 Å². The fraction of sp³-hybridized carbons (Fsp3) is 0.333. The largest absolute Gasteiger partial charge is 0.616 e. The molecule has 7 nitrogen and oxygen atoms in total. The molecular formula is C18H21N3O4. The van der Waals surface area contributed by atoms with Gasteiger partial charge in [0.2, 0.25) is 0 Å². The van der Waals surface area contributed by atoms with E-state index in [4.69, 9.17) is 4.74 Å². The highest BCUT2D eigenvalue weighted by molar-refractivity contribution is 5.84. The van der Waals surface area contributed by atoms with E-state index in [1.807, 2.05) is 13.8 Å². The van der Waals surface area contributed by atoms with Gasteiger partial charge in [0.1, 0.15) is 11.4 Å². The minimum atomic E-state index is -0.401. The average molecular weight is 343 g/mol. The highest BCUT2D eigenvalue weighted by Gasteiger charge is 2.24. The quantitative estimate of drug-likeness (QED) is 0.487. The maximum atomic E-state index is 12.5. The van der Waals surface area contributed by atoms with E-state index < -0.39 is 5.56 Å². The van der Waals surface area contributed by atoms with Crippen LogP contribution in [0.4, 0.5) is 0 Å². The molecule has 0 aliphatic rings. The van der Waals surface area contributed by atoms with E-state index in [2.05, 4.69) is 9.97 Å². The number of methoxy groups -OCH3 is 1. The number of aromatic nitrogens is 3. The number of aromatic hydroxyl groups is 1. The van der Waals surface area contributed by atoms with Crippen LogP contribution in [0.3, 0.4) is 0 Å². The zero-order valence-corrected chi connectivity index (χ0v) is 14.4. The van der Waals surface area contributed by atoms with Gasteiger partial charge in [-0.1, -0.05) is 13.8 Å². The molecule has 0 saturated heterocycles. The minimum absolute atomic E-state index is 0.0877. The van der Waals surface area contributed by atoms with Crippen molar-refractivity contribution >= 4 is 10.9 Å². The molecule has 0 bridgehead atoms. The number of fused-ring (bicyclic) bond motifs is 1. The molecule has 0 aliphatic heterocycles. The summed E-state index contributed by atoms with van der Waals surface area (Å²) in [6.45, 7) is 3.89. The van der Waals surface area contributed by atoms with Gasteiger partial charge in [-0.05, 0) is 29.7 Å². The second kappa shape index (κ2) is 6.51. The van der Waals surface area contributed by atoms with E-state index >= 15 is 0 Å². The minimum Gasteiger partial charge on any atom is -0.616 e. The van der Waals surface area contributed by atoms with Crippen LogP contribution in [0.15, 0.2) is 29.2 Å². The first-order valence-electron chi connectivity index (χ1n) is 8.11. The summed E-state index contributed by atoms with van der Waals surface area (Å²) >= 11 is 0. The number of phenols is 1. The van der Waals surface area contributed by atoms with Crippen molar-refractivity contribution in [1.82, 2.24) is 9.97 Å². The van der Waals surface area contributed by atoms with Crippen LogP contribution >= 0.6 is 0 Å². The number of hydrogen-bond donors (Lipinski definition) is 3. The predicted octanol–water partition coefficient (Wildman–Crippen LogP) is 1.99. The Kier molecular flexibility index (Phi) is 4.39. The Bertz CT molecular complexity index is 972. The number of phenolic OH excluding ortho intramolecular Hbond substituents is 1. The van der Waals surface area contributed by atoms with Crippen molar-refractivity contribution in [2.75, 3.05) is 7.11 Å². The number of ether oxygens (including phenoxy) is 1. The van der Waals surface area contributed by atoms with E-state index in [1.165, 1.54) is 7.11 Å². The van der Waals surface area contributed by atoms with Gasteiger partial charge in [0.05, 0.1) is 7.11 Å². The summed E-state index contributed by atoms with van der Waals surface area (Å²) in [7, 11) is 1.41. The van der Waals surface area contributed by atoms with E-state index in [0.717, 1.165) is 16.5 Å². The number of rotatable bonds is 5. The molecule has 25 heavy (non-hydrogen) atoms. The van der Waals surface area contributed by atoms with Crippen molar-refractivity contribution in [3.63, 3.8) is 0 Å². The van der Waals surface area contributed by atoms with Gasteiger partial charge in [0, 0.05) is 29.9 Å². The van der Waals surface area contributed by atoms with Gasteiger partial charge in [-0.2, -0.15) is 0 Å². The summed E-state index contributed by atoms with van der Waals surface area (Å²) < 4.78 is 5.84. The van der Waals surface area contributed by atoms with Gasteiger partial charge in [-0.25, -0.2) is 0 Å². The molecule has 0 aliphatic carbocycles. The SMILES string of the molecule is COc1c(Cc2c[nH]c3ccc(O)cc23)[nH]c(=O)c(CC(C)C)[n+]1[O-]. The first kappa shape index (κ1) is 16.9. The molecule has 1 aromatic carbocycles. The third kappa shape index (κ3) is 3.17. The number of aromatic amines is 2. The van der Waals surface area contributed by atoms with Crippen LogP contribution < -0.4 is 15.0 Å². The van der Waals surface area contributed by atoms with E-state index in [0.29, 0.717) is 23.3 Å². The Morgan fingerprint density at radius 2 is 2.12 bits per heavy atom. The molecule has 2 aromatic heterocycles. The Labute approximate surface area is 144 Å². The van der Waals surface area contributed by atoms with Crippen LogP contribution in [-0.2, 0) is 12.8 Å². The molecule has 0 atom stereocenters. The number of hydrogen-bond acceptors (Lipinski definition) is 4. The summed E-state index contributed by atoms with van der Waals surface area (Å²) in [5.74, 6) is 0.415. The summed E-state index contributed by atoms with van der Waals surface area (Å²) in [4.78, 5) is 18.2. The maximum Gasteiger partial charge on any atom is 0.400 e. The second-order valence-electron chi connectivity index (χ2n) is 6.50. The van der Waals surface area contributed by atoms with Crippen LogP contribution in [0.1, 0.15) is 30.8 Å². The predicted molar refractivity (Wildman–Crippen MR) is 93.9 cm³/mol. The molecule has 2 heterocycles. The molecule has 0 amide bonds. The molecule has 0 spiro atoms. The van der Waals surface area contributed by atoms with Crippen molar-refractivity contribution in [1.29, 1.82) is 0 Å². The number of nitrogens with one attached hydrogen (secondary N) is 2. The number of benzene rings is 1. The molecule has 0 fully saturated rings. The Morgan fingerprint density at radius 3 is 2.80 bits per heavy atom. The normalized spacial score (nSPS) is 11.4. The lowest BCUT2D eigenvalue weighted by molar-refractivity contribution is -0.622. The van der Waals surface area contributed by atoms with Crippen LogP contribution in [0.25, 0.3) is 10.9 Å².